The van der Waals surface area contributed by atoms with Gasteiger partial charge in [-0.3, -0.25) is 4.79 Å². The van der Waals surface area contributed by atoms with Gasteiger partial charge in [0, 0.05) is 6.20 Å². The Bertz CT molecular complexity index is 601. The number of hydrogen-bond acceptors (Lipinski definition) is 7. The van der Waals surface area contributed by atoms with E-state index in [4.69, 9.17) is 5.73 Å². The fourth-order valence-electron chi connectivity index (χ4n) is 1.52. The summed E-state index contributed by atoms with van der Waals surface area (Å²) in [5.74, 6) is 0.468. The number of aromatic nitrogens is 3. The van der Waals surface area contributed by atoms with Crippen LogP contribution in [0.5, 0.6) is 0 Å². The first-order chi connectivity index (χ1) is 9.58. The van der Waals surface area contributed by atoms with Crippen LogP contribution in [-0.2, 0) is 4.79 Å². The third-order valence-electron chi connectivity index (χ3n) is 2.50. The molecule has 1 unspecified atom stereocenters. The van der Waals surface area contributed by atoms with Gasteiger partial charge in [0.25, 0.3) is 0 Å². The minimum absolute atomic E-state index is 0.0932. The van der Waals surface area contributed by atoms with Crippen molar-refractivity contribution in [2.45, 2.75) is 29.9 Å². The molecule has 0 spiro atoms. The Morgan fingerprint density at radius 1 is 1.55 bits per heavy atom. The number of aryl methyl sites for hydroxylation is 1. The van der Waals surface area contributed by atoms with Gasteiger partial charge in [0.1, 0.15) is 5.82 Å². The number of amides is 1. The standard InChI is InChI=1S/C12H15N5OS2/c1-3-8(19-12-17-16-11(13)20-12)10(18)15-9-6-7(2)4-5-14-9/h4-6,8H,3H2,1-2H3,(H2,13,16)(H,14,15,18). The molecule has 0 radical (unpaired) electrons. The average Bonchev–Trinajstić information content (AvgIpc) is 2.81. The molecule has 106 valence electrons. The second-order valence-corrected chi connectivity index (χ2v) is 6.59. The van der Waals surface area contributed by atoms with E-state index in [1.165, 1.54) is 23.1 Å². The zero-order chi connectivity index (χ0) is 14.5. The lowest BCUT2D eigenvalue weighted by Crippen LogP contribution is -2.25. The molecule has 2 rings (SSSR count). The molecule has 2 aromatic rings. The summed E-state index contributed by atoms with van der Waals surface area (Å²) in [6.45, 7) is 3.90. The summed E-state index contributed by atoms with van der Waals surface area (Å²) in [4.78, 5) is 16.3. The highest BCUT2D eigenvalue weighted by atomic mass is 32.2. The largest absolute Gasteiger partial charge is 0.374 e. The smallest absolute Gasteiger partial charge is 0.239 e. The van der Waals surface area contributed by atoms with Crippen molar-refractivity contribution < 1.29 is 4.79 Å². The highest BCUT2D eigenvalue weighted by Gasteiger charge is 2.20. The van der Waals surface area contributed by atoms with Crippen molar-refractivity contribution >= 4 is 40.0 Å². The lowest BCUT2D eigenvalue weighted by atomic mass is 10.3. The van der Waals surface area contributed by atoms with Crippen LogP contribution < -0.4 is 11.1 Å². The molecule has 1 amide bonds. The van der Waals surface area contributed by atoms with Crippen LogP contribution >= 0.6 is 23.1 Å². The first-order valence-electron chi connectivity index (χ1n) is 6.07. The molecule has 1 atom stereocenters. The number of nitrogens with one attached hydrogen (secondary N) is 1. The number of rotatable bonds is 5. The molecule has 0 fully saturated rings. The summed E-state index contributed by atoms with van der Waals surface area (Å²) >= 11 is 2.65. The summed E-state index contributed by atoms with van der Waals surface area (Å²) in [5.41, 5.74) is 6.58. The molecule has 20 heavy (non-hydrogen) atoms. The summed E-state index contributed by atoms with van der Waals surface area (Å²) in [6, 6.07) is 3.71. The highest BCUT2D eigenvalue weighted by molar-refractivity contribution is 8.02. The molecular formula is C12H15N5OS2. The Morgan fingerprint density at radius 2 is 2.35 bits per heavy atom. The molecule has 3 N–H and O–H groups in total. The molecule has 0 aliphatic carbocycles. The van der Waals surface area contributed by atoms with Crippen LogP contribution in [0.4, 0.5) is 10.9 Å². The lowest BCUT2D eigenvalue weighted by molar-refractivity contribution is -0.115. The second-order valence-electron chi connectivity index (χ2n) is 4.13. The Hall–Kier alpha value is -1.67. The average molecular weight is 309 g/mol. The van der Waals surface area contributed by atoms with E-state index < -0.39 is 0 Å². The van der Waals surface area contributed by atoms with E-state index in [1.54, 1.807) is 6.20 Å². The van der Waals surface area contributed by atoms with Crippen molar-refractivity contribution in [1.29, 1.82) is 0 Å². The minimum Gasteiger partial charge on any atom is -0.374 e. The summed E-state index contributed by atoms with van der Waals surface area (Å²) < 4.78 is 0.696. The predicted molar refractivity (Wildman–Crippen MR) is 81.9 cm³/mol. The monoisotopic (exact) mass is 309 g/mol. The number of nitrogens with two attached hydrogens (primary N) is 1. The van der Waals surface area contributed by atoms with Gasteiger partial charge in [0.05, 0.1) is 5.25 Å². The van der Waals surface area contributed by atoms with E-state index in [1.807, 2.05) is 26.0 Å². The molecule has 2 aromatic heterocycles. The van der Waals surface area contributed by atoms with Gasteiger partial charge in [-0.2, -0.15) is 0 Å². The van der Waals surface area contributed by atoms with Crippen molar-refractivity contribution in [2.75, 3.05) is 11.1 Å². The molecular weight excluding hydrogens is 294 g/mol. The van der Waals surface area contributed by atoms with Crippen LogP contribution in [0.2, 0.25) is 0 Å². The van der Waals surface area contributed by atoms with Gasteiger partial charge >= 0.3 is 0 Å². The van der Waals surface area contributed by atoms with Gasteiger partial charge < -0.3 is 11.1 Å². The van der Waals surface area contributed by atoms with E-state index in [9.17, 15) is 4.79 Å². The first kappa shape index (κ1) is 14.7. The van der Waals surface area contributed by atoms with Crippen molar-refractivity contribution in [2.24, 2.45) is 0 Å². The SMILES string of the molecule is CCC(Sc1nnc(N)s1)C(=O)Nc1cc(C)ccn1. The van der Waals surface area contributed by atoms with E-state index in [-0.39, 0.29) is 11.2 Å². The fourth-order valence-corrected chi connectivity index (χ4v) is 3.33. The van der Waals surface area contributed by atoms with Crippen LogP contribution in [0.1, 0.15) is 18.9 Å². The van der Waals surface area contributed by atoms with E-state index in [0.29, 0.717) is 21.7 Å². The molecule has 8 heteroatoms. The molecule has 0 aromatic carbocycles. The van der Waals surface area contributed by atoms with Crippen molar-refractivity contribution in [1.82, 2.24) is 15.2 Å². The maximum Gasteiger partial charge on any atom is 0.239 e. The van der Waals surface area contributed by atoms with Gasteiger partial charge in [-0.25, -0.2) is 4.98 Å². The summed E-state index contributed by atoms with van der Waals surface area (Å²) in [5, 5.41) is 10.6. The van der Waals surface area contributed by atoms with Gasteiger partial charge in [0.2, 0.25) is 11.0 Å². The van der Waals surface area contributed by atoms with Gasteiger partial charge in [-0.15, -0.1) is 10.2 Å². The number of anilines is 2. The fraction of sp³-hybridized carbons (Fsp3) is 0.333. The molecule has 0 bridgehead atoms. The van der Waals surface area contributed by atoms with Gasteiger partial charge in [-0.05, 0) is 31.0 Å². The Kier molecular flexibility index (Phi) is 4.91. The molecule has 0 saturated heterocycles. The van der Waals surface area contributed by atoms with Crippen LogP contribution in [0, 0.1) is 6.92 Å². The van der Waals surface area contributed by atoms with Crippen molar-refractivity contribution in [3.05, 3.63) is 23.9 Å². The number of carbonyl (C=O) groups excluding carboxylic acids is 1. The third kappa shape index (κ3) is 3.91. The van der Waals surface area contributed by atoms with E-state index in [2.05, 4.69) is 20.5 Å². The molecule has 0 aliphatic rings. The Morgan fingerprint density at radius 3 is 2.95 bits per heavy atom. The van der Waals surface area contributed by atoms with Crippen LogP contribution in [0.3, 0.4) is 0 Å². The van der Waals surface area contributed by atoms with Gasteiger partial charge in [0.15, 0.2) is 4.34 Å². The van der Waals surface area contributed by atoms with Crippen molar-refractivity contribution in [3.63, 3.8) is 0 Å². The maximum atomic E-state index is 12.2. The number of hydrogen-bond donors (Lipinski definition) is 2. The van der Waals surface area contributed by atoms with E-state index in [0.717, 1.165) is 5.56 Å². The molecule has 0 aliphatic heterocycles. The topological polar surface area (TPSA) is 93.8 Å². The van der Waals surface area contributed by atoms with Crippen LogP contribution in [0.15, 0.2) is 22.7 Å². The lowest BCUT2D eigenvalue weighted by Gasteiger charge is -2.12. The molecule has 0 saturated carbocycles. The normalized spacial score (nSPS) is 12.1. The zero-order valence-electron chi connectivity index (χ0n) is 11.2. The number of carbonyl (C=O) groups is 1. The summed E-state index contributed by atoms with van der Waals surface area (Å²) in [7, 11) is 0. The Labute approximate surface area is 125 Å². The van der Waals surface area contributed by atoms with Crippen LogP contribution in [-0.4, -0.2) is 26.3 Å². The number of nitrogen functional groups attached to an aromatic ring is 1. The Balaban J connectivity index is 2.02. The van der Waals surface area contributed by atoms with Crippen LogP contribution in [0.25, 0.3) is 0 Å². The highest BCUT2D eigenvalue weighted by Crippen LogP contribution is 2.29. The zero-order valence-corrected chi connectivity index (χ0v) is 12.8. The molecule has 6 nitrogen and oxygen atoms in total. The van der Waals surface area contributed by atoms with E-state index >= 15 is 0 Å². The minimum atomic E-state index is -0.246. The predicted octanol–water partition coefficient (Wildman–Crippen LogP) is 2.33. The number of pyridine rings is 1. The number of thioether (sulfide) groups is 1. The number of nitrogens with zero attached hydrogens (tertiary/aromatic N) is 3. The summed E-state index contributed by atoms with van der Waals surface area (Å²) in [6.07, 6.45) is 2.35. The van der Waals surface area contributed by atoms with Gasteiger partial charge in [-0.1, -0.05) is 30.0 Å². The quantitative estimate of drug-likeness (QED) is 0.823. The van der Waals surface area contributed by atoms with Crippen molar-refractivity contribution in [3.8, 4) is 0 Å². The second kappa shape index (κ2) is 6.67. The first-order valence-corrected chi connectivity index (χ1v) is 7.77. The third-order valence-corrected chi connectivity index (χ3v) is 4.70. The molecule has 2 heterocycles. The maximum absolute atomic E-state index is 12.2.